The van der Waals surface area contributed by atoms with Gasteiger partial charge in [0.2, 0.25) is 0 Å². The molecule has 0 saturated carbocycles. The second-order valence-electron chi connectivity index (χ2n) is 4.29. The average molecular weight is 286 g/mol. The summed E-state index contributed by atoms with van der Waals surface area (Å²) in [5.41, 5.74) is -1.49. The van der Waals surface area contributed by atoms with Crippen LogP contribution >= 0.6 is 0 Å². The maximum atomic E-state index is 12.1. The molecule has 0 bridgehead atoms. The largest absolute Gasteiger partial charge is 0.394 e. The Kier molecular flexibility index (Phi) is 2.90. The maximum absolute atomic E-state index is 12.1. The first kappa shape index (κ1) is 12.9. The molecule has 3 rings (SSSR count). The molecule has 108 valence electrons. The number of aliphatic hydroxyl groups is 3. The molecule has 4 atom stereocenters. The van der Waals surface area contributed by atoms with Gasteiger partial charge >= 0.3 is 16.7 Å². The Hall–Kier alpha value is -2.08. The molecule has 1 saturated heterocycles. The van der Waals surface area contributed by atoms with Crippen molar-refractivity contribution >= 4 is 11.2 Å². The van der Waals surface area contributed by atoms with Crippen molar-refractivity contribution in [2.45, 2.75) is 24.5 Å². The molecule has 11 nitrogen and oxygen atoms in total. The van der Waals surface area contributed by atoms with Gasteiger partial charge in [0, 0.05) is 0 Å². The van der Waals surface area contributed by atoms with Gasteiger partial charge in [-0.15, -0.1) is 0 Å². The highest BCUT2D eigenvalue weighted by atomic mass is 16.8. The van der Waals surface area contributed by atoms with E-state index in [0.717, 1.165) is 10.9 Å². The Balaban J connectivity index is 2.09. The highest BCUT2D eigenvalue weighted by Gasteiger charge is 2.44. The maximum Gasteiger partial charge on any atom is 0.347 e. The average Bonchev–Trinajstić information content (AvgIpc) is 2.94. The molecule has 0 spiro atoms. The molecule has 0 amide bonds. The van der Waals surface area contributed by atoms with E-state index in [1.807, 2.05) is 0 Å². The van der Waals surface area contributed by atoms with Crippen LogP contribution in [0.2, 0.25) is 0 Å². The fourth-order valence-electron chi connectivity index (χ4n) is 2.08. The van der Waals surface area contributed by atoms with Crippen molar-refractivity contribution in [2.75, 3.05) is 6.61 Å². The molecular formula is C9H10N4O7. The van der Waals surface area contributed by atoms with Crippen molar-refractivity contribution in [3.05, 3.63) is 21.9 Å². The fraction of sp³-hybridized carbons (Fsp3) is 0.556. The van der Waals surface area contributed by atoms with Crippen LogP contribution in [0.15, 0.2) is 15.8 Å². The van der Waals surface area contributed by atoms with Gasteiger partial charge in [0.15, 0.2) is 6.23 Å². The third kappa shape index (κ3) is 1.68. The van der Waals surface area contributed by atoms with E-state index in [9.17, 15) is 20.2 Å². The summed E-state index contributed by atoms with van der Waals surface area (Å²) in [6, 6.07) is 0. The Labute approximate surface area is 109 Å². The number of hydrogen-bond donors (Lipinski definition) is 3. The first-order chi connectivity index (χ1) is 9.54. The van der Waals surface area contributed by atoms with E-state index in [2.05, 4.69) is 14.8 Å². The molecule has 3 N–H and O–H groups in total. The van der Waals surface area contributed by atoms with Crippen LogP contribution < -0.4 is 10.5 Å². The molecule has 2 aromatic rings. The fourth-order valence-corrected chi connectivity index (χ4v) is 2.08. The summed E-state index contributed by atoms with van der Waals surface area (Å²) >= 11 is 0. The number of fused-ring (bicyclic) bond motifs is 1. The van der Waals surface area contributed by atoms with Gasteiger partial charge in [-0.1, -0.05) is 0 Å². The van der Waals surface area contributed by atoms with Crippen molar-refractivity contribution in [1.29, 1.82) is 0 Å². The summed E-state index contributed by atoms with van der Waals surface area (Å²) in [6.45, 7) is -0.534. The minimum absolute atomic E-state index is 0.109. The number of aromatic nitrogens is 4. The van der Waals surface area contributed by atoms with E-state index in [0.29, 0.717) is 0 Å². The molecule has 1 fully saturated rings. The lowest BCUT2D eigenvalue weighted by Gasteiger charge is -2.16. The van der Waals surface area contributed by atoms with E-state index < -0.39 is 42.2 Å². The summed E-state index contributed by atoms with van der Waals surface area (Å²) < 4.78 is 10.3. The topological polar surface area (TPSA) is 158 Å². The Morgan fingerprint density at radius 2 is 2.20 bits per heavy atom. The van der Waals surface area contributed by atoms with Crippen molar-refractivity contribution in [2.24, 2.45) is 0 Å². The van der Waals surface area contributed by atoms with Gasteiger partial charge in [0.05, 0.1) is 11.8 Å². The Morgan fingerprint density at radius 1 is 1.45 bits per heavy atom. The summed E-state index contributed by atoms with van der Waals surface area (Å²) in [5, 5.41) is 43.0. The zero-order valence-electron chi connectivity index (χ0n) is 9.86. The summed E-state index contributed by atoms with van der Waals surface area (Å²) in [4.78, 5) is 15.7. The van der Waals surface area contributed by atoms with Crippen LogP contribution in [0.5, 0.6) is 0 Å². The third-order valence-electron chi connectivity index (χ3n) is 3.13. The Morgan fingerprint density at radius 3 is 2.85 bits per heavy atom. The van der Waals surface area contributed by atoms with Crippen LogP contribution in [0.25, 0.3) is 11.2 Å². The van der Waals surface area contributed by atoms with E-state index in [-0.39, 0.29) is 10.6 Å². The standard InChI is InChI=1S/C9H10N4O7/c14-1-3-5(15)6(16)9(19-3)12-2-10-7-4(8(12)17)13(18)20-11-7/h2-3,5-6,9,14-16H,1H2/t3-,5-,6-,9-/m1/s1. The Bertz CT molecular complexity index is 697. The number of nitrogens with zero attached hydrogens (tertiary/aromatic N) is 4. The van der Waals surface area contributed by atoms with E-state index >= 15 is 0 Å². The smallest absolute Gasteiger partial charge is 0.347 e. The third-order valence-corrected chi connectivity index (χ3v) is 3.13. The van der Waals surface area contributed by atoms with Gasteiger partial charge in [-0.05, 0) is 4.90 Å². The lowest BCUT2D eigenvalue weighted by Crippen LogP contribution is -2.38. The number of aliphatic hydroxyl groups excluding tert-OH is 3. The van der Waals surface area contributed by atoms with Gasteiger partial charge in [0.25, 0.3) is 0 Å². The predicted octanol–water partition coefficient (Wildman–Crippen LogP) is -3.37. The van der Waals surface area contributed by atoms with Crippen molar-refractivity contribution in [3.63, 3.8) is 0 Å². The molecular weight excluding hydrogens is 276 g/mol. The molecule has 1 aliphatic heterocycles. The molecule has 0 aromatic carbocycles. The molecule has 0 unspecified atom stereocenters. The first-order valence-corrected chi connectivity index (χ1v) is 5.63. The molecule has 0 aliphatic carbocycles. The molecule has 11 heteroatoms. The number of ether oxygens (including phenoxy) is 1. The van der Waals surface area contributed by atoms with Crippen LogP contribution in [0.1, 0.15) is 6.23 Å². The van der Waals surface area contributed by atoms with Gasteiger partial charge in [-0.25, -0.2) is 0 Å². The van der Waals surface area contributed by atoms with Gasteiger partial charge in [0.1, 0.15) is 24.6 Å². The van der Waals surface area contributed by atoms with Gasteiger partial charge in [-0.2, -0.15) is 4.98 Å². The van der Waals surface area contributed by atoms with Crippen LogP contribution in [0.3, 0.4) is 0 Å². The van der Waals surface area contributed by atoms with E-state index in [1.54, 1.807) is 0 Å². The van der Waals surface area contributed by atoms with Crippen LogP contribution in [0, 0.1) is 5.21 Å². The SMILES string of the molecule is O=c1c2c(ncn1[C@@H]1O[C@H](CO)[C@@H](O)[C@H]1O)no[n+]2[O-]. The van der Waals surface area contributed by atoms with Crippen molar-refractivity contribution < 1.29 is 29.6 Å². The van der Waals surface area contributed by atoms with Crippen LogP contribution in [-0.4, -0.2) is 54.9 Å². The molecule has 3 heterocycles. The van der Waals surface area contributed by atoms with Crippen LogP contribution in [0.4, 0.5) is 0 Å². The molecule has 20 heavy (non-hydrogen) atoms. The highest BCUT2D eigenvalue weighted by Crippen LogP contribution is 2.28. The summed E-state index contributed by atoms with van der Waals surface area (Å²) in [5.74, 6) is 0. The molecule has 1 aliphatic rings. The van der Waals surface area contributed by atoms with Crippen molar-refractivity contribution in [3.8, 4) is 0 Å². The first-order valence-electron chi connectivity index (χ1n) is 5.63. The van der Waals surface area contributed by atoms with Gasteiger partial charge < -0.3 is 25.3 Å². The van der Waals surface area contributed by atoms with E-state index in [1.165, 1.54) is 0 Å². The quantitative estimate of drug-likeness (QED) is 0.479. The normalized spacial score (nSPS) is 30.1. The van der Waals surface area contributed by atoms with E-state index in [4.69, 9.17) is 9.84 Å². The minimum atomic E-state index is -1.45. The zero-order chi connectivity index (χ0) is 14.4. The molecule has 2 aromatic heterocycles. The monoisotopic (exact) mass is 286 g/mol. The van der Waals surface area contributed by atoms with Crippen LogP contribution in [-0.2, 0) is 4.74 Å². The minimum Gasteiger partial charge on any atom is -0.394 e. The van der Waals surface area contributed by atoms with Gasteiger partial charge in [-0.3, -0.25) is 14.0 Å². The zero-order valence-corrected chi connectivity index (χ0v) is 9.86. The predicted molar refractivity (Wildman–Crippen MR) is 58.0 cm³/mol. The van der Waals surface area contributed by atoms with Crippen molar-refractivity contribution in [1.82, 2.24) is 14.7 Å². The lowest BCUT2D eigenvalue weighted by molar-refractivity contribution is -0.782. The lowest BCUT2D eigenvalue weighted by atomic mass is 10.1. The summed E-state index contributed by atoms with van der Waals surface area (Å²) in [6.07, 6.45) is -4.13. The molecule has 0 radical (unpaired) electrons. The number of hydrogen-bond acceptors (Lipinski definition) is 9. The second kappa shape index (κ2) is 4.49. The number of rotatable bonds is 2. The highest BCUT2D eigenvalue weighted by molar-refractivity contribution is 5.62. The second-order valence-corrected chi connectivity index (χ2v) is 4.29. The summed E-state index contributed by atoms with van der Waals surface area (Å²) in [7, 11) is 0.